The summed E-state index contributed by atoms with van der Waals surface area (Å²) in [6, 6.07) is 12.3. The number of esters is 1. The molecule has 2 aromatic rings. The second-order valence-corrected chi connectivity index (χ2v) is 18.1. The predicted octanol–water partition coefficient (Wildman–Crippen LogP) is 8.23. The van der Waals surface area contributed by atoms with Crippen molar-refractivity contribution in [3.8, 4) is 22.5 Å². The van der Waals surface area contributed by atoms with Crippen molar-refractivity contribution in [1.82, 2.24) is 10.6 Å². The van der Waals surface area contributed by atoms with Crippen LogP contribution >= 0.6 is 21.6 Å². The first-order valence-corrected chi connectivity index (χ1v) is 23.6. The number of alkyl carbamates (subject to hydrolysis) is 1. The fraction of sp³-hybridized carbons (Fsp3) is 0.500. The molecule has 0 fully saturated rings. The topological polar surface area (TPSA) is 196 Å². The van der Waals surface area contributed by atoms with E-state index in [4.69, 9.17) is 28.1 Å². The Balaban J connectivity index is 1.21. The number of anilines is 1. The Morgan fingerprint density at radius 1 is 0.810 bits per heavy atom. The lowest BCUT2D eigenvalue weighted by molar-refractivity contribution is -0.141. The molecule has 0 aromatic heterocycles. The highest BCUT2D eigenvalue weighted by molar-refractivity contribution is 8.77. The number of carbonyl (C=O) groups excluding carboxylic acids is 3. The van der Waals surface area contributed by atoms with Crippen LogP contribution in [0.1, 0.15) is 85.7 Å². The summed E-state index contributed by atoms with van der Waals surface area (Å²) in [5.74, 6) is -0.675. The summed E-state index contributed by atoms with van der Waals surface area (Å²) in [4.78, 5) is 53.6. The smallest absolute Gasteiger partial charge is 0.407 e. The Morgan fingerprint density at radius 3 is 2.24 bits per heavy atom. The number of carbonyl (C=O) groups is 4. The molecule has 17 heteroatoms. The van der Waals surface area contributed by atoms with E-state index in [1.165, 1.54) is 19.1 Å². The van der Waals surface area contributed by atoms with Gasteiger partial charge in [-0.2, -0.15) is 0 Å². The van der Waals surface area contributed by atoms with Gasteiger partial charge in [-0.15, -0.1) is 0 Å². The van der Waals surface area contributed by atoms with Crippen molar-refractivity contribution >= 4 is 62.2 Å². The van der Waals surface area contributed by atoms with E-state index in [9.17, 15) is 24.3 Å². The zero-order valence-electron chi connectivity index (χ0n) is 37.4. The van der Waals surface area contributed by atoms with Crippen LogP contribution in [0.4, 0.5) is 10.5 Å². The largest absolute Gasteiger partial charge is 0.478 e. The number of aromatic carboxylic acids is 1. The average Bonchev–Trinajstić information content (AvgIpc) is 3.23. The van der Waals surface area contributed by atoms with E-state index in [1.54, 1.807) is 27.7 Å². The van der Waals surface area contributed by atoms with Gasteiger partial charge in [-0.25, -0.2) is 9.59 Å². The number of hydrogen-bond donors (Lipinski definition) is 4. The predicted molar refractivity (Wildman–Crippen MR) is 249 cm³/mol. The van der Waals surface area contributed by atoms with Crippen molar-refractivity contribution in [3.63, 3.8) is 0 Å². The van der Waals surface area contributed by atoms with Crippen molar-refractivity contribution in [2.45, 2.75) is 72.5 Å². The first-order chi connectivity index (χ1) is 30.2. The van der Waals surface area contributed by atoms with Gasteiger partial charge < -0.3 is 49.2 Å². The summed E-state index contributed by atoms with van der Waals surface area (Å²) < 4.78 is 33.4. The van der Waals surface area contributed by atoms with Crippen LogP contribution in [0.5, 0.6) is 0 Å². The number of carboxylic acids is 1. The van der Waals surface area contributed by atoms with E-state index in [1.807, 2.05) is 52.0 Å². The van der Waals surface area contributed by atoms with E-state index in [2.05, 4.69) is 34.8 Å². The SMILES string of the molecule is CCN=c1cc2oc3cc(NCC)c(C)cc3c(-c3cc(C(=O)NCCOCCOCCNC(=O)OCCC(C)(C)SSCOCCCCOC(C)=O)ccc3C(=O)O)c-2cc1C. The number of fused-ring (bicyclic) bond motifs is 2. The number of aryl methyl sites for hydroxylation is 2. The molecule has 0 saturated heterocycles. The molecule has 1 aliphatic carbocycles. The maximum atomic E-state index is 13.4. The van der Waals surface area contributed by atoms with Crippen molar-refractivity contribution in [3.05, 3.63) is 70.1 Å². The second-order valence-electron chi connectivity index (χ2n) is 15.2. The normalized spacial score (nSPS) is 11.8. The molecule has 0 unspecified atom stereocenters. The van der Waals surface area contributed by atoms with Gasteiger partial charge in [-0.1, -0.05) is 21.6 Å². The number of amides is 2. The molecule has 2 aromatic carbocycles. The summed E-state index contributed by atoms with van der Waals surface area (Å²) in [5.41, 5.74) is 5.46. The van der Waals surface area contributed by atoms with Crippen molar-refractivity contribution in [1.29, 1.82) is 0 Å². The van der Waals surface area contributed by atoms with Gasteiger partial charge >= 0.3 is 18.0 Å². The highest BCUT2D eigenvalue weighted by atomic mass is 33.1. The zero-order valence-corrected chi connectivity index (χ0v) is 39.1. The molecule has 0 bridgehead atoms. The third-order valence-electron chi connectivity index (χ3n) is 9.62. The van der Waals surface area contributed by atoms with E-state index < -0.39 is 12.1 Å². The highest BCUT2D eigenvalue weighted by Gasteiger charge is 2.25. The van der Waals surface area contributed by atoms with Crippen LogP contribution < -0.4 is 21.3 Å². The van der Waals surface area contributed by atoms with Gasteiger partial charge in [0.25, 0.3) is 5.91 Å². The van der Waals surface area contributed by atoms with Gasteiger partial charge in [0.2, 0.25) is 0 Å². The molecule has 1 heterocycles. The number of rotatable bonds is 27. The molecule has 0 spiro atoms. The van der Waals surface area contributed by atoms with Gasteiger partial charge in [0.1, 0.15) is 17.3 Å². The molecule has 0 radical (unpaired) electrons. The Kier molecular flexibility index (Phi) is 21.1. The minimum absolute atomic E-state index is 0.0546. The van der Waals surface area contributed by atoms with Gasteiger partial charge in [0.15, 0.2) is 0 Å². The number of ether oxygens (including phenoxy) is 5. The quantitative estimate of drug-likeness (QED) is 0.0147. The molecule has 0 atom stereocenters. The minimum Gasteiger partial charge on any atom is -0.478 e. The standard InChI is InChI=1S/C46H62N4O11S2/c1-8-47-38-27-40-36(24-30(38)3)42(37-25-31(4)39(48-9-2)28-41(37)61-40)35-26-33(12-13-34(35)44(53)54)43(52)49-15-20-56-22-23-57-21-16-50-45(55)60-19-14-46(6,7)63-62-29-58-17-10-11-18-59-32(5)51/h12-13,24-28,47H,8-11,14-23,29H2,1-7H3,(H,49,52)(H,50,55)(H,53,54). The average molecular weight is 911 g/mol. The van der Waals surface area contributed by atoms with E-state index in [0.717, 1.165) is 40.4 Å². The third-order valence-corrected chi connectivity index (χ3v) is 12.7. The summed E-state index contributed by atoms with van der Waals surface area (Å²) in [6.07, 6.45) is 1.75. The third kappa shape index (κ3) is 16.4. The van der Waals surface area contributed by atoms with Crippen LogP contribution in [0, 0.1) is 13.8 Å². The molecule has 344 valence electrons. The molecule has 2 amide bonds. The second kappa shape index (κ2) is 26.1. The van der Waals surface area contributed by atoms with Crippen molar-refractivity contribution < 1.29 is 52.4 Å². The number of nitrogens with one attached hydrogen (secondary N) is 3. The van der Waals surface area contributed by atoms with Gasteiger partial charge in [0, 0.05) is 84.4 Å². The van der Waals surface area contributed by atoms with Crippen LogP contribution in [0.15, 0.2) is 51.9 Å². The van der Waals surface area contributed by atoms with Gasteiger partial charge in [-0.3, -0.25) is 14.6 Å². The molecule has 1 aliphatic heterocycles. The first kappa shape index (κ1) is 50.8. The Labute approximate surface area is 377 Å². The highest BCUT2D eigenvalue weighted by Crippen LogP contribution is 2.43. The Morgan fingerprint density at radius 2 is 1.54 bits per heavy atom. The maximum Gasteiger partial charge on any atom is 0.407 e. The molecule has 15 nitrogen and oxygen atoms in total. The minimum atomic E-state index is -1.12. The Bertz CT molecular complexity index is 2190. The summed E-state index contributed by atoms with van der Waals surface area (Å²) >= 11 is 0. The van der Waals surface area contributed by atoms with Crippen LogP contribution in [0.2, 0.25) is 0 Å². The monoisotopic (exact) mass is 910 g/mol. The number of unbranched alkanes of at least 4 members (excludes halogenated alkanes) is 1. The van der Waals surface area contributed by atoms with Crippen LogP contribution in [0.25, 0.3) is 33.4 Å². The molecule has 63 heavy (non-hydrogen) atoms. The fourth-order valence-corrected chi connectivity index (χ4v) is 8.72. The van der Waals surface area contributed by atoms with Gasteiger partial charge in [0.05, 0.1) is 50.6 Å². The molecule has 2 aliphatic rings. The Hall–Kier alpha value is -4.81. The lowest BCUT2D eigenvalue weighted by Crippen LogP contribution is -2.30. The van der Waals surface area contributed by atoms with Gasteiger partial charge in [-0.05, 0) is 108 Å². The number of carboxylic acid groups (broad SMARTS) is 1. The summed E-state index contributed by atoms with van der Waals surface area (Å²) in [7, 11) is 3.28. The van der Waals surface area contributed by atoms with Crippen LogP contribution in [-0.4, -0.2) is 112 Å². The lowest BCUT2D eigenvalue weighted by Gasteiger charge is -2.22. The van der Waals surface area contributed by atoms with Crippen molar-refractivity contribution in [2.75, 3.05) is 83.7 Å². The first-order valence-electron chi connectivity index (χ1n) is 21.2. The number of nitrogens with zero attached hydrogens (tertiary/aromatic N) is 1. The molecule has 0 saturated carbocycles. The lowest BCUT2D eigenvalue weighted by atomic mass is 9.88. The van der Waals surface area contributed by atoms with Crippen molar-refractivity contribution in [2.24, 2.45) is 4.99 Å². The molecule has 4 rings (SSSR count). The van der Waals surface area contributed by atoms with E-state index >= 15 is 0 Å². The van der Waals surface area contributed by atoms with Crippen LogP contribution in [0.3, 0.4) is 0 Å². The van der Waals surface area contributed by atoms with E-state index in [-0.39, 0.29) is 61.7 Å². The molecular formula is C46H62N4O11S2. The summed E-state index contributed by atoms with van der Waals surface area (Å²) in [6.45, 7) is 17.6. The zero-order chi connectivity index (χ0) is 45.8. The number of hydrogen-bond acceptors (Lipinski definition) is 14. The summed E-state index contributed by atoms with van der Waals surface area (Å²) in [5, 5.41) is 20.8. The molecule has 4 N–H and O–H groups in total. The fourth-order valence-electron chi connectivity index (χ4n) is 6.45. The number of benzene rings is 3. The molecular weight excluding hydrogens is 849 g/mol. The van der Waals surface area contributed by atoms with Crippen LogP contribution in [-0.2, 0) is 28.5 Å². The maximum absolute atomic E-state index is 13.4. The van der Waals surface area contributed by atoms with E-state index in [0.29, 0.717) is 78.9 Å².